The second-order valence-corrected chi connectivity index (χ2v) is 10.0. The van der Waals surface area contributed by atoms with Crippen LogP contribution in [-0.2, 0) is 5.41 Å². The first-order valence-corrected chi connectivity index (χ1v) is 11.9. The average Bonchev–Trinajstić information content (AvgIpc) is 3.42. The number of likely N-dealkylation sites (tertiary alicyclic amines) is 1. The molecule has 7 heteroatoms. The molecular formula is C23H31N5OS. The molecule has 6 nitrogen and oxygen atoms in total. The summed E-state index contributed by atoms with van der Waals surface area (Å²) in [6, 6.07) is 9.32. The Morgan fingerprint density at radius 1 is 1.13 bits per heavy atom. The molecule has 0 unspecified atom stereocenters. The molecule has 1 aromatic heterocycles. The van der Waals surface area contributed by atoms with Crippen molar-refractivity contribution < 1.29 is 4.79 Å². The van der Waals surface area contributed by atoms with E-state index in [1.54, 1.807) is 16.2 Å². The summed E-state index contributed by atoms with van der Waals surface area (Å²) in [6.07, 6.45) is 6.60. The lowest BCUT2D eigenvalue weighted by Gasteiger charge is -2.45. The summed E-state index contributed by atoms with van der Waals surface area (Å²) in [5.41, 5.74) is 2.60. The number of carbonyl (C=O) groups excluding carboxylic acids is 1. The summed E-state index contributed by atoms with van der Waals surface area (Å²) in [4.78, 5) is 26.1. The van der Waals surface area contributed by atoms with Crippen LogP contribution in [0.4, 0.5) is 15.6 Å². The minimum atomic E-state index is 0.0938. The monoisotopic (exact) mass is 425 g/mol. The van der Waals surface area contributed by atoms with Crippen molar-refractivity contribution in [3.63, 3.8) is 0 Å². The SMILES string of the molecule is CN(C)C(=O)N1CC2(CCN(C3CCN(c4nccs4)CC3)CC2)c2ccccc21. The summed E-state index contributed by atoms with van der Waals surface area (Å²) in [5, 5.41) is 3.23. The highest BCUT2D eigenvalue weighted by atomic mass is 32.1. The molecule has 0 saturated carbocycles. The third-order valence-corrected chi connectivity index (χ3v) is 8.10. The highest BCUT2D eigenvalue weighted by Gasteiger charge is 2.47. The fourth-order valence-electron chi connectivity index (χ4n) is 5.58. The number of aromatic nitrogens is 1. The van der Waals surface area contributed by atoms with Gasteiger partial charge in [-0.25, -0.2) is 9.78 Å². The summed E-state index contributed by atoms with van der Waals surface area (Å²) in [5.74, 6) is 0. The molecule has 0 atom stereocenters. The molecule has 160 valence electrons. The number of piperidine rings is 2. The number of carbonyl (C=O) groups is 1. The Labute approximate surface area is 183 Å². The standard InChI is InChI=1S/C23H31N5OS/c1-25(2)22(29)28-17-23(19-5-3-4-6-20(19)28)9-14-26(15-10-23)18-7-12-27(13-8-18)21-24-11-16-30-21/h3-6,11,16,18H,7-10,12-15,17H2,1-2H3. The minimum absolute atomic E-state index is 0.0938. The predicted molar refractivity (Wildman–Crippen MR) is 123 cm³/mol. The first kappa shape index (κ1) is 19.8. The Balaban J connectivity index is 1.25. The van der Waals surface area contributed by atoms with Crippen LogP contribution in [0.2, 0.25) is 0 Å². The van der Waals surface area contributed by atoms with Crippen molar-refractivity contribution in [1.29, 1.82) is 0 Å². The van der Waals surface area contributed by atoms with E-state index < -0.39 is 0 Å². The van der Waals surface area contributed by atoms with Crippen LogP contribution in [0, 0.1) is 0 Å². The van der Waals surface area contributed by atoms with Crippen molar-refractivity contribution in [1.82, 2.24) is 14.8 Å². The maximum Gasteiger partial charge on any atom is 0.323 e. The van der Waals surface area contributed by atoms with Gasteiger partial charge >= 0.3 is 6.03 Å². The maximum atomic E-state index is 12.8. The molecule has 5 rings (SSSR count). The van der Waals surface area contributed by atoms with E-state index in [0.29, 0.717) is 6.04 Å². The number of fused-ring (bicyclic) bond motifs is 2. The predicted octanol–water partition coefficient (Wildman–Crippen LogP) is 3.65. The van der Waals surface area contributed by atoms with E-state index in [-0.39, 0.29) is 11.4 Å². The fourth-order valence-corrected chi connectivity index (χ4v) is 6.28. The molecule has 0 radical (unpaired) electrons. The number of hydrogen-bond donors (Lipinski definition) is 0. The number of thiazole rings is 1. The number of hydrogen-bond acceptors (Lipinski definition) is 5. The lowest BCUT2D eigenvalue weighted by Crippen LogP contribution is -2.52. The molecule has 3 aliphatic rings. The molecule has 2 saturated heterocycles. The van der Waals surface area contributed by atoms with Crippen molar-refractivity contribution in [2.24, 2.45) is 0 Å². The average molecular weight is 426 g/mol. The molecule has 0 N–H and O–H groups in total. The van der Waals surface area contributed by atoms with Crippen molar-refractivity contribution in [3.05, 3.63) is 41.4 Å². The molecule has 0 aliphatic carbocycles. The van der Waals surface area contributed by atoms with Gasteiger partial charge in [0.25, 0.3) is 0 Å². The van der Waals surface area contributed by atoms with E-state index in [2.05, 4.69) is 44.4 Å². The normalized spacial score (nSPS) is 21.8. The van der Waals surface area contributed by atoms with Crippen molar-refractivity contribution in [2.45, 2.75) is 37.1 Å². The zero-order chi connectivity index (χ0) is 20.7. The molecule has 0 bridgehead atoms. The number of amides is 2. The van der Waals surface area contributed by atoms with E-state index in [1.165, 1.54) is 23.5 Å². The second-order valence-electron chi connectivity index (χ2n) is 9.13. The Kier molecular flexibility index (Phi) is 5.19. The molecule has 1 aromatic carbocycles. The van der Waals surface area contributed by atoms with Gasteiger partial charge in [0.05, 0.1) is 0 Å². The van der Waals surface area contributed by atoms with Gasteiger partial charge < -0.3 is 14.7 Å². The van der Waals surface area contributed by atoms with Crippen LogP contribution >= 0.6 is 11.3 Å². The van der Waals surface area contributed by atoms with Crippen LogP contribution in [-0.4, -0.2) is 73.7 Å². The van der Waals surface area contributed by atoms with Gasteiger partial charge in [-0.15, -0.1) is 11.3 Å². The third kappa shape index (κ3) is 3.38. The Hall–Kier alpha value is -2.12. The van der Waals surface area contributed by atoms with Crippen LogP contribution in [0.5, 0.6) is 0 Å². The zero-order valence-electron chi connectivity index (χ0n) is 18.0. The number of para-hydroxylation sites is 1. The van der Waals surface area contributed by atoms with Crippen molar-refractivity contribution >= 4 is 28.2 Å². The largest absolute Gasteiger partial charge is 0.348 e. The van der Waals surface area contributed by atoms with Gasteiger partial charge in [-0.2, -0.15) is 0 Å². The van der Waals surface area contributed by atoms with Crippen molar-refractivity contribution in [2.75, 3.05) is 56.6 Å². The fraction of sp³-hybridized carbons (Fsp3) is 0.565. The van der Waals surface area contributed by atoms with Gasteiger partial charge in [0.1, 0.15) is 0 Å². The summed E-state index contributed by atoms with van der Waals surface area (Å²) < 4.78 is 0. The number of benzene rings is 1. The smallest absolute Gasteiger partial charge is 0.323 e. The van der Waals surface area contributed by atoms with Crippen LogP contribution in [0.1, 0.15) is 31.2 Å². The Bertz CT molecular complexity index is 883. The van der Waals surface area contributed by atoms with Crippen LogP contribution in [0.3, 0.4) is 0 Å². The molecule has 1 spiro atoms. The highest BCUT2D eigenvalue weighted by molar-refractivity contribution is 7.13. The number of anilines is 2. The van der Waals surface area contributed by atoms with Gasteiger partial charge in [-0.1, -0.05) is 18.2 Å². The first-order valence-electron chi connectivity index (χ1n) is 11.0. The van der Waals surface area contributed by atoms with Crippen molar-refractivity contribution in [3.8, 4) is 0 Å². The van der Waals surface area contributed by atoms with E-state index in [4.69, 9.17) is 0 Å². The zero-order valence-corrected chi connectivity index (χ0v) is 18.8. The number of urea groups is 1. The molecule has 30 heavy (non-hydrogen) atoms. The summed E-state index contributed by atoms with van der Waals surface area (Å²) in [7, 11) is 3.69. The van der Waals surface area contributed by atoms with Gasteiger partial charge in [-0.05, 0) is 50.4 Å². The van der Waals surface area contributed by atoms with Gasteiger partial charge in [0.2, 0.25) is 0 Å². The Morgan fingerprint density at radius 2 is 1.87 bits per heavy atom. The lowest BCUT2D eigenvalue weighted by molar-refractivity contribution is 0.104. The van der Waals surface area contributed by atoms with Crippen LogP contribution < -0.4 is 9.80 Å². The number of rotatable bonds is 2. The van der Waals surface area contributed by atoms with Gasteiger partial charge in [-0.3, -0.25) is 4.90 Å². The number of nitrogens with zero attached hydrogens (tertiary/aromatic N) is 5. The lowest BCUT2D eigenvalue weighted by atomic mass is 9.74. The first-order chi connectivity index (χ1) is 14.6. The second kappa shape index (κ2) is 7.85. The van der Waals surface area contributed by atoms with Gasteiger partial charge in [0.15, 0.2) is 5.13 Å². The summed E-state index contributed by atoms with van der Waals surface area (Å²) in [6.45, 7) is 5.28. The Morgan fingerprint density at radius 3 is 2.53 bits per heavy atom. The third-order valence-electron chi connectivity index (χ3n) is 7.27. The summed E-state index contributed by atoms with van der Waals surface area (Å²) >= 11 is 1.74. The topological polar surface area (TPSA) is 42.9 Å². The van der Waals surface area contributed by atoms with E-state index >= 15 is 0 Å². The van der Waals surface area contributed by atoms with E-state index in [0.717, 1.165) is 51.3 Å². The molecule has 4 heterocycles. The van der Waals surface area contributed by atoms with Crippen LogP contribution in [0.25, 0.3) is 0 Å². The molecule has 3 aliphatic heterocycles. The maximum absolute atomic E-state index is 12.8. The van der Waals surface area contributed by atoms with Crippen LogP contribution in [0.15, 0.2) is 35.8 Å². The molecule has 2 aromatic rings. The van der Waals surface area contributed by atoms with Gasteiger partial charge in [0, 0.05) is 62.5 Å². The van der Waals surface area contributed by atoms with E-state index in [1.807, 2.05) is 25.2 Å². The van der Waals surface area contributed by atoms with E-state index in [9.17, 15) is 4.79 Å². The molecule has 2 amide bonds. The quantitative estimate of drug-likeness (QED) is 0.737. The minimum Gasteiger partial charge on any atom is -0.348 e. The molecule has 2 fully saturated rings. The highest BCUT2D eigenvalue weighted by Crippen LogP contribution is 2.47. The molecular weight excluding hydrogens is 394 g/mol.